The molecule has 1 rings (SSSR count). The van der Waals surface area contributed by atoms with Gasteiger partial charge in [0.15, 0.2) is 9.84 Å². The first-order chi connectivity index (χ1) is 10.5. The van der Waals surface area contributed by atoms with Gasteiger partial charge in [-0.15, -0.1) is 0 Å². The van der Waals surface area contributed by atoms with Crippen molar-refractivity contribution in [1.82, 2.24) is 0 Å². The molecule has 2 nitrogen and oxygen atoms in total. The van der Waals surface area contributed by atoms with E-state index in [4.69, 9.17) is 0 Å². The van der Waals surface area contributed by atoms with Crippen LogP contribution in [0.1, 0.15) is 58.9 Å². The fourth-order valence-corrected chi connectivity index (χ4v) is 4.72. The van der Waals surface area contributed by atoms with Gasteiger partial charge in [-0.2, -0.15) is 13.2 Å². The molecule has 0 unspecified atom stereocenters. The van der Waals surface area contributed by atoms with Crippen LogP contribution in [0.2, 0.25) is 0 Å². The lowest BCUT2D eigenvalue weighted by molar-refractivity contribution is -0.137. The predicted molar refractivity (Wildman–Crippen MR) is 86.0 cm³/mol. The molecule has 0 N–H and O–H groups in total. The zero-order chi connectivity index (χ0) is 17.9. The van der Waals surface area contributed by atoms with Crippen LogP contribution in [0.3, 0.4) is 0 Å². The van der Waals surface area contributed by atoms with E-state index in [-0.39, 0.29) is 10.8 Å². The van der Waals surface area contributed by atoms with E-state index in [2.05, 4.69) is 0 Å². The van der Waals surface area contributed by atoms with Crippen LogP contribution in [0.15, 0.2) is 29.2 Å². The van der Waals surface area contributed by atoms with Crippen LogP contribution in [0, 0.1) is 5.92 Å². The quantitative estimate of drug-likeness (QED) is 0.653. The minimum atomic E-state index is -4.55. The smallest absolute Gasteiger partial charge is 0.223 e. The van der Waals surface area contributed by atoms with Crippen LogP contribution in [0.25, 0.3) is 0 Å². The Bertz CT molecular complexity index is 613. The molecule has 0 bridgehead atoms. The molecule has 6 heteroatoms. The highest BCUT2D eigenvalue weighted by Crippen LogP contribution is 2.39. The molecule has 23 heavy (non-hydrogen) atoms. The third kappa shape index (κ3) is 4.28. The van der Waals surface area contributed by atoms with Crippen LogP contribution in [0.5, 0.6) is 0 Å². The number of rotatable bonds is 7. The minimum Gasteiger partial charge on any atom is -0.223 e. The van der Waals surface area contributed by atoms with Crippen molar-refractivity contribution in [3.8, 4) is 0 Å². The van der Waals surface area contributed by atoms with Gasteiger partial charge in [-0.3, -0.25) is 0 Å². The first kappa shape index (κ1) is 20.0. The van der Waals surface area contributed by atoms with Gasteiger partial charge >= 0.3 is 6.18 Å². The summed E-state index contributed by atoms with van der Waals surface area (Å²) in [7, 11) is -3.86. The topological polar surface area (TPSA) is 34.1 Å². The molecular weight excluding hydrogens is 325 g/mol. The molecule has 0 saturated carbocycles. The SMILES string of the molecule is CCCC(CCC)C(C)(C)S(=O)(=O)c1cccc(C(F)(F)F)c1. The molecule has 0 fully saturated rings. The summed E-state index contributed by atoms with van der Waals surface area (Å²) in [6.07, 6.45) is -1.40. The molecule has 132 valence electrons. The molecule has 0 heterocycles. The summed E-state index contributed by atoms with van der Waals surface area (Å²) in [5.74, 6) is -0.0861. The maximum atomic E-state index is 13.0. The molecule has 0 radical (unpaired) electrons. The summed E-state index contributed by atoms with van der Waals surface area (Å²) in [6, 6.07) is 4.04. The van der Waals surface area contributed by atoms with E-state index in [9.17, 15) is 21.6 Å². The van der Waals surface area contributed by atoms with E-state index in [0.717, 1.165) is 43.9 Å². The fourth-order valence-electron chi connectivity index (χ4n) is 2.90. The Morgan fingerprint density at radius 2 is 1.57 bits per heavy atom. The lowest BCUT2D eigenvalue weighted by atomic mass is 9.87. The summed E-state index contributed by atoms with van der Waals surface area (Å²) in [5.41, 5.74) is -0.933. The maximum absolute atomic E-state index is 13.0. The van der Waals surface area contributed by atoms with Crippen LogP contribution < -0.4 is 0 Å². The van der Waals surface area contributed by atoms with Crippen molar-refractivity contribution in [2.75, 3.05) is 0 Å². The molecule has 0 saturated heterocycles. The lowest BCUT2D eigenvalue weighted by Gasteiger charge is -2.34. The van der Waals surface area contributed by atoms with Gasteiger partial charge in [0, 0.05) is 0 Å². The molecule has 1 aromatic carbocycles. The van der Waals surface area contributed by atoms with Gasteiger partial charge in [-0.1, -0.05) is 32.8 Å². The number of hydrogen-bond donors (Lipinski definition) is 0. The van der Waals surface area contributed by atoms with Gasteiger partial charge in [0.1, 0.15) is 0 Å². The Hall–Kier alpha value is -1.04. The van der Waals surface area contributed by atoms with Crippen molar-refractivity contribution < 1.29 is 21.6 Å². The molecule has 0 aromatic heterocycles. The average Bonchev–Trinajstić information content (AvgIpc) is 2.46. The molecular formula is C17H25F3O2S. The van der Waals surface area contributed by atoms with E-state index >= 15 is 0 Å². The molecule has 0 aliphatic rings. The van der Waals surface area contributed by atoms with Crippen molar-refractivity contribution >= 4 is 9.84 Å². The van der Waals surface area contributed by atoms with Gasteiger partial charge in [-0.25, -0.2) is 8.42 Å². The number of hydrogen-bond acceptors (Lipinski definition) is 2. The van der Waals surface area contributed by atoms with Crippen molar-refractivity contribution in [3.63, 3.8) is 0 Å². The number of alkyl halides is 3. The second-order valence-corrected chi connectivity index (χ2v) is 8.94. The van der Waals surface area contributed by atoms with Gasteiger partial charge in [0.05, 0.1) is 15.2 Å². The summed E-state index contributed by atoms with van der Waals surface area (Å²) in [6.45, 7) is 7.21. The van der Waals surface area contributed by atoms with E-state index in [0.29, 0.717) is 0 Å². The zero-order valence-corrected chi connectivity index (χ0v) is 14.9. The van der Waals surface area contributed by atoms with E-state index in [1.165, 1.54) is 6.07 Å². The normalized spacial score (nSPS) is 13.6. The fraction of sp³-hybridized carbons (Fsp3) is 0.647. The van der Waals surface area contributed by atoms with Crippen LogP contribution >= 0.6 is 0 Å². The van der Waals surface area contributed by atoms with Gasteiger partial charge in [0.2, 0.25) is 0 Å². The van der Waals surface area contributed by atoms with Crippen molar-refractivity contribution in [1.29, 1.82) is 0 Å². The molecule has 0 amide bonds. The van der Waals surface area contributed by atoms with Crippen LogP contribution in [-0.4, -0.2) is 13.2 Å². The van der Waals surface area contributed by atoms with Crippen molar-refractivity contribution in [3.05, 3.63) is 29.8 Å². The van der Waals surface area contributed by atoms with Crippen LogP contribution in [-0.2, 0) is 16.0 Å². The minimum absolute atomic E-state index is 0.0861. The summed E-state index contributed by atoms with van der Waals surface area (Å²) < 4.78 is 63.4. The summed E-state index contributed by atoms with van der Waals surface area (Å²) >= 11 is 0. The number of halogens is 3. The monoisotopic (exact) mass is 350 g/mol. The molecule has 0 aliphatic heterocycles. The van der Waals surface area contributed by atoms with Gasteiger partial charge in [0.25, 0.3) is 0 Å². The van der Waals surface area contributed by atoms with E-state index < -0.39 is 26.3 Å². The van der Waals surface area contributed by atoms with E-state index in [1.807, 2.05) is 13.8 Å². The second-order valence-electron chi connectivity index (χ2n) is 6.41. The highest BCUT2D eigenvalue weighted by Gasteiger charge is 2.42. The zero-order valence-electron chi connectivity index (χ0n) is 14.1. The Balaban J connectivity index is 3.33. The molecule has 0 spiro atoms. The van der Waals surface area contributed by atoms with Gasteiger partial charge < -0.3 is 0 Å². The van der Waals surface area contributed by atoms with Crippen LogP contribution in [0.4, 0.5) is 13.2 Å². The Kier molecular flexibility index (Phi) is 6.30. The average molecular weight is 350 g/mol. The Labute approximate surface area is 137 Å². The largest absolute Gasteiger partial charge is 0.416 e. The lowest BCUT2D eigenvalue weighted by Crippen LogP contribution is -2.40. The molecule has 1 aromatic rings. The van der Waals surface area contributed by atoms with Crippen molar-refractivity contribution in [2.24, 2.45) is 5.92 Å². The molecule has 0 atom stereocenters. The third-order valence-corrected chi connectivity index (χ3v) is 7.01. The maximum Gasteiger partial charge on any atom is 0.416 e. The highest BCUT2D eigenvalue weighted by atomic mass is 32.2. The standard InChI is InChI=1S/C17H25F3O2S/c1-5-8-13(9-6-2)16(3,4)23(21,22)15-11-7-10-14(12-15)17(18,19)20/h7,10-13H,5-6,8-9H2,1-4H3. The first-order valence-corrected chi connectivity index (χ1v) is 9.38. The number of sulfone groups is 1. The third-order valence-electron chi connectivity index (χ3n) is 4.42. The number of benzene rings is 1. The second kappa shape index (κ2) is 7.24. The summed E-state index contributed by atoms with van der Waals surface area (Å²) in [5, 5.41) is 0. The van der Waals surface area contributed by atoms with E-state index in [1.54, 1.807) is 13.8 Å². The van der Waals surface area contributed by atoms with Gasteiger partial charge in [-0.05, 0) is 50.8 Å². The summed E-state index contributed by atoms with van der Waals surface area (Å²) in [4.78, 5) is -0.255. The highest BCUT2D eigenvalue weighted by molar-refractivity contribution is 7.92. The Morgan fingerprint density at radius 3 is 2.00 bits per heavy atom. The molecule has 0 aliphatic carbocycles. The first-order valence-electron chi connectivity index (χ1n) is 7.90. The predicted octanol–water partition coefficient (Wildman–Crippen LogP) is 5.47. The Morgan fingerprint density at radius 1 is 1.04 bits per heavy atom. The van der Waals surface area contributed by atoms with Crippen molar-refractivity contribution in [2.45, 2.75) is 69.2 Å².